The van der Waals surface area contributed by atoms with Crippen molar-refractivity contribution in [1.29, 1.82) is 0 Å². The molecule has 4 aliphatic rings. The zero-order chi connectivity index (χ0) is 29.3. The van der Waals surface area contributed by atoms with Crippen LogP contribution in [0.2, 0.25) is 5.02 Å². The number of amides is 2. The summed E-state index contributed by atoms with van der Waals surface area (Å²) in [4.78, 5) is 52.9. The molecule has 1 aliphatic heterocycles. The summed E-state index contributed by atoms with van der Waals surface area (Å²) >= 11 is 26.7. The monoisotopic (exact) mass is 629 g/mol. The van der Waals surface area contributed by atoms with Gasteiger partial charge < -0.3 is 4.74 Å². The van der Waals surface area contributed by atoms with Crippen LogP contribution in [0, 0.1) is 11.8 Å². The molecule has 10 heteroatoms. The van der Waals surface area contributed by atoms with Gasteiger partial charge in [-0.15, -0.1) is 34.8 Å². The van der Waals surface area contributed by atoms with E-state index < -0.39 is 57.3 Å². The molecule has 3 aliphatic carbocycles. The Kier molecular flexibility index (Phi) is 6.97. The fraction of sp³-hybridized carbons (Fsp3) is 0.290. The van der Waals surface area contributed by atoms with Gasteiger partial charge in [0.15, 0.2) is 6.10 Å². The largest absolute Gasteiger partial charge is 0.452 e. The lowest BCUT2D eigenvalue weighted by molar-refractivity contribution is -0.160. The number of imide groups is 1. The molecule has 0 N–H and O–H groups in total. The quantitative estimate of drug-likeness (QED) is 0.138. The molecule has 3 aromatic carbocycles. The maximum Gasteiger partial charge on any atom is 0.329 e. The molecule has 41 heavy (non-hydrogen) atoms. The Morgan fingerprint density at radius 3 is 1.68 bits per heavy atom. The van der Waals surface area contributed by atoms with Gasteiger partial charge in [-0.1, -0.05) is 60.1 Å². The summed E-state index contributed by atoms with van der Waals surface area (Å²) in [5.74, 6) is -4.70. The highest BCUT2D eigenvalue weighted by Gasteiger charge is 2.73. The van der Waals surface area contributed by atoms with E-state index in [0.717, 1.165) is 4.90 Å². The first-order valence-corrected chi connectivity index (χ1v) is 14.7. The Hall–Kier alpha value is -2.90. The number of benzene rings is 3. The number of halogens is 4. The molecular formula is C31H23Cl4NO5. The second kappa shape index (κ2) is 10.1. The molecule has 6 nitrogen and oxygen atoms in total. The summed E-state index contributed by atoms with van der Waals surface area (Å²) in [7, 11) is 0. The summed E-state index contributed by atoms with van der Waals surface area (Å²) in [6.07, 6.45) is -1.18. The SMILES string of the molecule is C[C@H](C(=O)O[C@H](CCCl)C(=O)c1ccc(Cl)cc1)N1C(=O)[C@@H]2[C@@H](C1=O)C1(Cl)c3ccccc3C2(Cl)c2ccccc21. The topological polar surface area (TPSA) is 80.8 Å². The first kappa shape index (κ1) is 28.2. The Morgan fingerprint density at radius 1 is 0.829 bits per heavy atom. The number of esters is 1. The Labute approximate surface area is 256 Å². The normalized spacial score (nSPS) is 27.1. The lowest BCUT2D eigenvalue weighted by Gasteiger charge is -2.54. The van der Waals surface area contributed by atoms with Crippen molar-refractivity contribution in [2.24, 2.45) is 11.8 Å². The summed E-state index contributed by atoms with van der Waals surface area (Å²) in [5, 5.41) is 0.445. The minimum absolute atomic E-state index is 0.0365. The smallest absolute Gasteiger partial charge is 0.329 e. The Bertz CT molecular complexity index is 1480. The summed E-state index contributed by atoms with van der Waals surface area (Å²) in [6.45, 7) is 1.39. The van der Waals surface area contributed by atoms with Gasteiger partial charge in [-0.25, -0.2) is 4.79 Å². The molecule has 1 saturated heterocycles. The molecule has 0 radical (unpaired) electrons. The molecule has 0 saturated carbocycles. The van der Waals surface area contributed by atoms with Crippen LogP contribution in [0.5, 0.6) is 0 Å². The first-order chi connectivity index (χ1) is 19.6. The van der Waals surface area contributed by atoms with Crippen LogP contribution in [-0.4, -0.2) is 46.5 Å². The number of carbonyl (C=O) groups is 4. The van der Waals surface area contributed by atoms with Gasteiger partial charge in [-0.05, 0) is 53.4 Å². The lowest BCUT2D eigenvalue weighted by atomic mass is 9.54. The molecule has 7 rings (SSSR count). The molecule has 0 unspecified atom stereocenters. The van der Waals surface area contributed by atoms with Crippen molar-refractivity contribution in [2.45, 2.75) is 35.2 Å². The van der Waals surface area contributed by atoms with E-state index in [1.165, 1.54) is 19.1 Å². The summed E-state index contributed by atoms with van der Waals surface area (Å²) in [6, 6.07) is 19.3. The van der Waals surface area contributed by atoms with E-state index >= 15 is 0 Å². The maximum absolute atomic E-state index is 14.1. The van der Waals surface area contributed by atoms with E-state index in [-0.39, 0.29) is 17.9 Å². The minimum atomic E-state index is -1.37. The number of hydrogen-bond donors (Lipinski definition) is 0. The summed E-state index contributed by atoms with van der Waals surface area (Å²) in [5.41, 5.74) is 2.91. The summed E-state index contributed by atoms with van der Waals surface area (Å²) < 4.78 is 5.59. The predicted octanol–water partition coefficient (Wildman–Crippen LogP) is 6.05. The van der Waals surface area contributed by atoms with Gasteiger partial charge in [0, 0.05) is 22.9 Å². The number of ketones is 1. The van der Waals surface area contributed by atoms with E-state index in [1.54, 1.807) is 12.1 Å². The highest BCUT2D eigenvalue weighted by molar-refractivity contribution is 6.36. The van der Waals surface area contributed by atoms with Crippen molar-refractivity contribution in [1.82, 2.24) is 4.90 Å². The van der Waals surface area contributed by atoms with Crippen molar-refractivity contribution < 1.29 is 23.9 Å². The van der Waals surface area contributed by atoms with Gasteiger partial charge in [0.2, 0.25) is 17.6 Å². The highest BCUT2D eigenvalue weighted by Crippen LogP contribution is 2.69. The number of alkyl halides is 3. The molecule has 1 fully saturated rings. The third-order valence-electron chi connectivity index (χ3n) is 8.40. The Balaban J connectivity index is 1.35. The van der Waals surface area contributed by atoms with Gasteiger partial charge in [0.05, 0.1) is 11.8 Å². The van der Waals surface area contributed by atoms with E-state index in [4.69, 9.17) is 51.1 Å². The molecule has 0 spiro atoms. The van der Waals surface area contributed by atoms with Crippen LogP contribution in [0.1, 0.15) is 46.0 Å². The second-order valence-corrected chi connectivity index (χ2v) is 12.5. The number of rotatable bonds is 7. The molecule has 210 valence electrons. The van der Waals surface area contributed by atoms with Crippen molar-refractivity contribution in [3.05, 3.63) is 106 Å². The molecule has 3 aromatic rings. The molecule has 4 atom stereocenters. The van der Waals surface area contributed by atoms with Gasteiger partial charge >= 0.3 is 5.97 Å². The van der Waals surface area contributed by atoms with Crippen molar-refractivity contribution >= 4 is 70.0 Å². The number of hydrogen-bond acceptors (Lipinski definition) is 5. The van der Waals surface area contributed by atoms with E-state index in [9.17, 15) is 19.2 Å². The van der Waals surface area contributed by atoms with Crippen molar-refractivity contribution in [3.63, 3.8) is 0 Å². The minimum Gasteiger partial charge on any atom is -0.452 e. The average molecular weight is 631 g/mol. The standard InChI is InChI=1S/C31H23Cl4NO5/c1-16(29(40)41-23(14-15-32)26(37)17-10-12-18(33)13-11-17)36-27(38)24-25(28(36)39)31(35)20-7-3-2-6-19(20)30(24,34)21-8-4-5-9-22(21)31/h2-13,16,23-25H,14-15H2,1H3/t16-,23-,24+,25+,30?,31?/m1/s1. The van der Waals surface area contributed by atoms with Crippen molar-refractivity contribution in [2.75, 3.05) is 5.88 Å². The van der Waals surface area contributed by atoms with Crippen LogP contribution in [0.4, 0.5) is 0 Å². The second-order valence-electron chi connectivity index (χ2n) is 10.5. The van der Waals surface area contributed by atoms with Crippen LogP contribution in [0.25, 0.3) is 0 Å². The average Bonchev–Trinajstić information content (AvgIpc) is 3.26. The fourth-order valence-electron chi connectivity index (χ4n) is 6.56. The van der Waals surface area contributed by atoms with Crippen molar-refractivity contribution in [3.8, 4) is 0 Å². The van der Waals surface area contributed by atoms with Crippen LogP contribution < -0.4 is 0 Å². The van der Waals surface area contributed by atoms with E-state index in [2.05, 4.69) is 0 Å². The molecule has 1 heterocycles. The first-order valence-electron chi connectivity index (χ1n) is 13.1. The molecule has 2 amide bonds. The van der Waals surface area contributed by atoms with Crippen LogP contribution >= 0.6 is 46.4 Å². The van der Waals surface area contributed by atoms with Gasteiger partial charge in [0.25, 0.3) is 0 Å². The van der Waals surface area contributed by atoms with Gasteiger partial charge in [-0.2, -0.15) is 0 Å². The molecule has 0 aromatic heterocycles. The van der Waals surface area contributed by atoms with Crippen LogP contribution in [-0.2, 0) is 28.9 Å². The molecule has 2 bridgehead atoms. The zero-order valence-electron chi connectivity index (χ0n) is 21.7. The zero-order valence-corrected chi connectivity index (χ0v) is 24.7. The number of Topliss-reactive ketones (excluding diaryl/α,β-unsaturated/α-hetero) is 1. The molecular weight excluding hydrogens is 608 g/mol. The van der Waals surface area contributed by atoms with Gasteiger partial charge in [0.1, 0.15) is 15.8 Å². The fourth-order valence-corrected chi connectivity index (χ4v) is 7.98. The maximum atomic E-state index is 14.1. The van der Waals surface area contributed by atoms with Crippen LogP contribution in [0.15, 0.2) is 72.8 Å². The van der Waals surface area contributed by atoms with E-state index in [1.807, 2.05) is 48.5 Å². The third-order valence-corrected chi connectivity index (χ3v) is 10.2. The predicted molar refractivity (Wildman–Crippen MR) is 155 cm³/mol. The third kappa shape index (κ3) is 3.91. The number of carbonyl (C=O) groups excluding carboxylic acids is 4. The Morgan fingerprint density at radius 2 is 1.27 bits per heavy atom. The number of nitrogens with zero attached hydrogens (tertiary/aromatic N) is 1. The number of likely N-dealkylation sites (tertiary alicyclic amines) is 1. The highest BCUT2D eigenvalue weighted by atomic mass is 35.5. The lowest BCUT2D eigenvalue weighted by Crippen LogP contribution is -2.57. The van der Waals surface area contributed by atoms with Crippen LogP contribution in [0.3, 0.4) is 0 Å². The van der Waals surface area contributed by atoms with Gasteiger partial charge in [-0.3, -0.25) is 19.3 Å². The van der Waals surface area contributed by atoms with E-state index in [0.29, 0.717) is 27.3 Å². The number of ether oxygens (including phenoxy) is 1.